The van der Waals surface area contributed by atoms with Gasteiger partial charge in [0.25, 0.3) is 5.91 Å². The highest BCUT2D eigenvalue weighted by molar-refractivity contribution is 5.97. The summed E-state index contributed by atoms with van der Waals surface area (Å²) in [5.41, 5.74) is 0.919. The van der Waals surface area contributed by atoms with E-state index in [2.05, 4.69) is 10.3 Å². The van der Waals surface area contributed by atoms with Gasteiger partial charge in [-0.25, -0.2) is 9.78 Å². The minimum Gasteiger partial charge on any atom is -0.503 e. The lowest BCUT2D eigenvalue weighted by Gasteiger charge is -2.20. The largest absolute Gasteiger partial charge is 0.503 e. The molecule has 1 amide bonds. The fraction of sp³-hybridized carbons (Fsp3) is 0.500. The van der Waals surface area contributed by atoms with Crippen LogP contribution in [-0.2, 0) is 20.7 Å². The maximum Gasteiger partial charge on any atom is 0.329 e. The number of amides is 1. The zero-order chi connectivity index (χ0) is 25.8. The molecule has 1 aliphatic heterocycles. The average molecular weight is 489 g/mol. The molecule has 1 fully saturated rings. The van der Waals surface area contributed by atoms with Crippen molar-refractivity contribution in [3.05, 3.63) is 53.9 Å². The number of carbonyl (C=O) groups is 2. The van der Waals surface area contributed by atoms with Gasteiger partial charge in [0.1, 0.15) is 12.1 Å². The molecule has 1 aromatic carbocycles. The smallest absolute Gasteiger partial charge is 0.329 e. The molecule has 3 atom stereocenters. The highest BCUT2D eigenvalue weighted by Crippen LogP contribution is 2.27. The SMILES string of the molecule is CC(C)CO.COc1ccnc(C(=O)N[C@H]2CCOC(Cc3ccccc3)CC(C)OC2=O)c1O. The first-order valence-corrected chi connectivity index (χ1v) is 11.7. The van der Waals surface area contributed by atoms with Crippen molar-refractivity contribution in [3.63, 3.8) is 0 Å². The second kappa shape index (κ2) is 14.3. The molecule has 192 valence electrons. The molecule has 0 saturated carbocycles. The molecule has 1 aliphatic rings. The van der Waals surface area contributed by atoms with Crippen molar-refractivity contribution in [2.45, 2.75) is 58.3 Å². The van der Waals surface area contributed by atoms with Gasteiger partial charge >= 0.3 is 5.97 Å². The van der Waals surface area contributed by atoms with Crippen LogP contribution in [0.15, 0.2) is 42.6 Å². The molecule has 0 aliphatic carbocycles. The molecule has 0 spiro atoms. The fourth-order valence-electron chi connectivity index (χ4n) is 3.38. The number of nitrogens with one attached hydrogen (secondary N) is 1. The van der Waals surface area contributed by atoms with Crippen molar-refractivity contribution in [2.75, 3.05) is 20.3 Å². The molecule has 2 heterocycles. The van der Waals surface area contributed by atoms with Crippen LogP contribution in [0, 0.1) is 5.92 Å². The molecule has 0 bridgehead atoms. The molecule has 2 unspecified atom stereocenters. The number of hydrogen-bond donors (Lipinski definition) is 3. The standard InChI is InChI=1S/C22H26N2O6.C4H10O/c1-14-12-16(13-15-6-4-3-5-7-15)29-11-9-17(22(27)30-14)24-21(26)19-20(25)18(28-2)8-10-23-19;1-4(2)3-5/h3-8,10,14,16-17,25H,9,11-13H2,1-2H3,(H,24,26);4-5H,3H2,1-2H3/t14?,16?,17-;/m0./s1. The number of benzene rings is 1. The topological polar surface area (TPSA) is 127 Å². The highest BCUT2D eigenvalue weighted by Gasteiger charge is 2.29. The number of aliphatic hydroxyl groups is 1. The summed E-state index contributed by atoms with van der Waals surface area (Å²) in [6, 6.07) is 10.5. The summed E-state index contributed by atoms with van der Waals surface area (Å²) in [5, 5.41) is 20.9. The van der Waals surface area contributed by atoms with E-state index in [0.29, 0.717) is 25.4 Å². The number of cyclic esters (lactones) is 1. The number of methoxy groups -OCH3 is 1. The third-order valence-corrected chi connectivity index (χ3v) is 5.26. The third-order valence-electron chi connectivity index (χ3n) is 5.26. The van der Waals surface area contributed by atoms with Crippen LogP contribution < -0.4 is 10.1 Å². The molecule has 9 nitrogen and oxygen atoms in total. The Morgan fingerprint density at radius 2 is 1.94 bits per heavy atom. The van der Waals surface area contributed by atoms with Gasteiger partial charge in [0.05, 0.1) is 13.2 Å². The van der Waals surface area contributed by atoms with Crippen LogP contribution in [0.3, 0.4) is 0 Å². The number of aliphatic hydroxyl groups excluding tert-OH is 1. The monoisotopic (exact) mass is 488 g/mol. The Morgan fingerprint density at radius 3 is 2.57 bits per heavy atom. The lowest BCUT2D eigenvalue weighted by molar-refractivity contribution is -0.150. The first kappa shape index (κ1) is 28.1. The van der Waals surface area contributed by atoms with E-state index in [0.717, 1.165) is 5.56 Å². The number of aromatic hydroxyl groups is 1. The summed E-state index contributed by atoms with van der Waals surface area (Å²) < 4.78 is 16.5. The van der Waals surface area contributed by atoms with E-state index in [9.17, 15) is 14.7 Å². The zero-order valence-corrected chi connectivity index (χ0v) is 20.8. The highest BCUT2D eigenvalue weighted by atomic mass is 16.5. The second-order valence-electron chi connectivity index (χ2n) is 8.77. The summed E-state index contributed by atoms with van der Waals surface area (Å²) in [6.45, 7) is 6.33. The van der Waals surface area contributed by atoms with Gasteiger partial charge in [-0.3, -0.25) is 4.79 Å². The van der Waals surface area contributed by atoms with Gasteiger partial charge in [-0.1, -0.05) is 44.2 Å². The minimum atomic E-state index is -0.914. The van der Waals surface area contributed by atoms with Crippen molar-refractivity contribution in [1.29, 1.82) is 0 Å². The van der Waals surface area contributed by atoms with Gasteiger partial charge < -0.3 is 29.7 Å². The van der Waals surface area contributed by atoms with Gasteiger partial charge in [0.2, 0.25) is 0 Å². The van der Waals surface area contributed by atoms with Gasteiger partial charge in [-0.05, 0) is 24.8 Å². The number of esters is 1. The summed E-state index contributed by atoms with van der Waals surface area (Å²) in [6.07, 6.45) is 2.38. The van der Waals surface area contributed by atoms with Gasteiger partial charge in [0, 0.05) is 38.3 Å². The molecule has 1 saturated heterocycles. The molecule has 1 aromatic heterocycles. The van der Waals surface area contributed by atoms with E-state index in [4.69, 9.17) is 19.3 Å². The van der Waals surface area contributed by atoms with Crippen molar-refractivity contribution in [2.24, 2.45) is 5.92 Å². The van der Waals surface area contributed by atoms with E-state index in [1.54, 1.807) is 6.92 Å². The normalized spacial score (nSPS) is 20.4. The molecule has 3 N–H and O–H groups in total. The summed E-state index contributed by atoms with van der Waals surface area (Å²) in [7, 11) is 1.37. The van der Waals surface area contributed by atoms with E-state index >= 15 is 0 Å². The fourth-order valence-corrected chi connectivity index (χ4v) is 3.38. The Morgan fingerprint density at radius 1 is 1.26 bits per heavy atom. The number of hydrogen-bond acceptors (Lipinski definition) is 8. The quantitative estimate of drug-likeness (QED) is 0.530. The minimum absolute atomic E-state index is 0.103. The lowest BCUT2D eigenvalue weighted by atomic mass is 10.0. The maximum atomic E-state index is 12.6. The molecule has 9 heteroatoms. The molecule has 2 aromatic rings. The van der Waals surface area contributed by atoms with E-state index in [1.165, 1.54) is 19.4 Å². The summed E-state index contributed by atoms with van der Waals surface area (Å²) in [4.78, 5) is 29.0. The third kappa shape index (κ3) is 9.18. The Bertz CT molecular complexity index is 937. The molecular formula is C26H36N2O7. The first-order valence-electron chi connectivity index (χ1n) is 11.7. The number of carbonyl (C=O) groups excluding carboxylic acids is 2. The molecule has 0 radical (unpaired) electrons. The second-order valence-corrected chi connectivity index (χ2v) is 8.77. The number of ether oxygens (including phenoxy) is 3. The zero-order valence-electron chi connectivity index (χ0n) is 20.8. The van der Waals surface area contributed by atoms with Crippen molar-refractivity contribution >= 4 is 11.9 Å². The van der Waals surface area contributed by atoms with Crippen LogP contribution in [0.1, 0.15) is 49.7 Å². The Kier molecular flexibility index (Phi) is 11.5. The molecule has 3 rings (SSSR count). The first-order chi connectivity index (χ1) is 16.7. The summed E-state index contributed by atoms with van der Waals surface area (Å²) >= 11 is 0. The number of pyridine rings is 1. The predicted octanol–water partition coefficient (Wildman–Crippen LogP) is 2.88. The van der Waals surface area contributed by atoms with Crippen molar-refractivity contribution in [1.82, 2.24) is 10.3 Å². The Hall–Kier alpha value is -3.17. The van der Waals surface area contributed by atoms with Crippen LogP contribution in [-0.4, -0.2) is 65.6 Å². The molecular weight excluding hydrogens is 452 g/mol. The van der Waals surface area contributed by atoms with Crippen molar-refractivity contribution in [3.8, 4) is 11.5 Å². The summed E-state index contributed by atoms with van der Waals surface area (Å²) in [5.74, 6) is -1.06. The molecule has 35 heavy (non-hydrogen) atoms. The van der Waals surface area contributed by atoms with Crippen LogP contribution in [0.4, 0.5) is 0 Å². The van der Waals surface area contributed by atoms with E-state index in [-0.39, 0.29) is 42.4 Å². The number of nitrogens with zero attached hydrogens (tertiary/aromatic N) is 1. The number of aromatic nitrogens is 1. The van der Waals surface area contributed by atoms with E-state index < -0.39 is 17.9 Å². The Labute approximate surface area is 206 Å². The van der Waals surface area contributed by atoms with Crippen molar-refractivity contribution < 1.29 is 34.0 Å². The van der Waals surface area contributed by atoms with Gasteiger partial charge in [-0.15, -0.1) is 0 Å². The van der Waals surface area contributed by atoms with E-state index in [1.807, 2.05) is 44.2 Å². The van der Waals surface area contributed by atoms with Crippen LogP contribution in [0.2, 0.25) is 0 Å². The predicted molar refractivity (Wildman–Crippen MR) is 130 cm³/mol. The number of rotatable bonds is 6. The van der Waals surface area contributed by atoms with Crippen LogP contribution >= 0.6 is 0 Å². The van der Waals surface area contributed by atoms with Crippen LogP contribution in [0.5, 0.6) is 11.5 Å². The van der Waals surface area contributed by atoms with Crippen LogP contribution in [0.25, 0.3) is 0 Å². The van der Waals surface area contributed by atoms with Gasteiger partial charge in [0.15, 0.2) is 17.2 Å². The maximum absolute atomic E-state index is 12.6. The Balaban J connectivity index is 0.000000784. The van der Waals surface area contributed by atoms with Gasteiger partial charge in [-0.2, -0.15) is 0 Å². The lowest BCUT2D eigenvalue weighted by Crippen LogP contribution is -2.43. The average Bonchev–Trinajstić information content (AvgIpc) is 2.89.